The fraction of sp³-hybridized carbons (Fsp3) is 0.385. The van der Waals surface area contributed by atoms with E-state index >= 15 is 0 Å². The van der Waals surface area contributed by atoms with Crippen molar-refractivity contribution in [1.29, 1.82) is 0 Å². The molecule has 0 aliphatic carbocycles. The number of piperazine rings is 1. The van der Waals surface area contributed by atoms with Crippen LogP contribution in [0.2, 0.25) is 0 Å². The molecule has 0 bridgehead atoms. The number of hydrogen-bond acceptors (Lipinski definition) is 3. The zero-order valence-electron chi connectivity index (χ0n) is 10.0. The molecule has 1 heterocycles. The van der Waals surface area contributed by atoms with Crippen molar-refractivity contribution in [2.24, 2.45) is 0 Å². The van der Waals surface area contributed by atoms with Gasteiger partial charge in [-0.1, -0.05) is 30.3 Å². The van der Waals surface area contributed by atoms with E-state index in [1.54, 1.807) is 0 Å². The second-order valence-electron chi connectivity index (χ2n) is 4.39. The lowest BCUT2D eigenvalue weighted by Gasteiger charge is -2.37. The zero-order valence-corrected chi connectivity index (χ0v) is 10.0. The maximum absolute atomic E-state index is 11.1. The molecule has 1 amide bonds. The van der Waals surface area contributed by atoms with Crippen molar-refractivity contribution < 1.29 is 14.7 Å². The van der Waals surface area contributed by atoms with Gasteiger partial charge >= 0.3 is 6.09 Å². The molecule has 1 aromatic carbocycles. The Morgan fingerprint density at radius 3 is 2.67 bits per heavy atom. The summed E-state index contributed by atoms with van der Waals surface area (Å²) in [7, 11) is 0. The van der Waals surface area contributed by atoms with E-state index in [1.807, 2.05) is 35.2 Å². The number of rotatable bonds is 3. The van der Waals surface area contributed by atoms with Gasteiger partial charge in [0.2, 0.25) is 0 Å². The van der Waals surface area contributed by atoms with Crippen LogP contribution in [0.1, 0.15) is 5.56 Å². The molecule has 0 spiro atoms. The number of benzene rings is 1. The van der Waals surface area contributed by atoms with Crippen LogP contribution in [0.15, 0.2) is 30.3 Å². The fourth-order valence-corrected chi connectivity index (χ4v) is 2.16. The molecular formula is C13H16N2O3. The normalized spacial score (nSPS) is 20.7. The van der Waals surface area contributed by atoms with Crippen molar-refractivity contribution in [3.63, 3.8) is 0 Å². The van der Waals surface area contributed by atoms with Gasteiger partial charge in [0.05, 0.1) is 6.04 Å². The number of amides is 1. The van der Waals surface area contributed by atoms with E-state index in [1.165, 1.54) is 4.90 Å². The molecule has 0 unspecified atom stereocenters. The van der Waals surface area contributed by atoms with Crippen LogP contribution in [0.4, 0.5) is 4.79 Å². The molecule has 5 nitrogen and oxygen atoms in total. The molecule has 0 radical (unpaired) electrons. The molecule has 1 aliphatic heterocycles. The molecule has 5 heteroatoms. The zero-order chi connectivity index (χ0) is 13.0. The van der Waals surface area contributed by atoms with E-state index < -0.39 is 6.09 Å². The third-order valence-electron chi connectivity index (χ3n) is 3.19. The second-order valence-corrected chi connectivity index (χ2v) is 4.39. The first kappa shape index (κ1) is 12.6. The van der Waals surface area contributed by atoms with Gasteiger partial charge in [0.1, 0.15) is 6.29 Å². The van der Waals surface area contributed by atoms with Gasteiger partial charge in [-0.3, -0.25) is 4.90 Å². The Kier molecular flexibility index (Phi) is 3.94. The van der Waals surface area contributed by atoms with E-state index in [9.17, 15) is 9.59 Å². The first-order chi connectivity index (χ1) is 8.70. The highest BCUT2D eigenvalue weighted by Gasteiger charge is 2.28. The highest BCUT2D eigenvalue weighted by Crippen LogP contribution is 2.13. The number of carbonyl (C=O) groups is 2. The Balaban J connectivity index is 2.01. The highest BCUT2D eigenvalue weighted by atomic mass is 16.4. The van der Waals surface area contributed by atoms with E-state index in [4.69, 9.17) is 5.11 Å². The van der Waals surface area contributed by atoms with Crippen molar-refractivity contribution in [3.05, 3.63) is 35.9 Å². The quantitative estimate of drug-likeness (QED) is 0.812. The molecule has 96 valence electrons. The van der Waals surface area contributed by atoms with Crippen LogP contribution in [0.3, 0.4) is 0 Å². The van der Waals surface area contributed by atoms with Crippen molar-refractivity contribution in [2.45, 2.75) is 12.6 Å². The van der Waals surface area contributed by atoms with Gasteiger partial charge in [0, 0.05) is 26.2 Å². The summed E-state index contributed by atoms with van der Waals surface area (Å²) in [5.74, 6) is 0. The summed E-state index contributed by atoms with van der Waals surface area (Å²) in [6, 6.07) is 9.52. The second kappa shape index (κ2) is 5.64. The van der Waals surface area contributed by atoms with Gasteiger partial charge in [-0.05, 0) is 5.56 Å². The first-order valence-electron chi connectivity index (χ1n) is 5.92. The Hall–Kier alpha value is -1.88. The molecule has 1 fully saturated rings. The monoisotopic (exact) mass is 248 g/mol. The van der Waals surface area contributed by atoms with Gasteiger partial charge in [-0.2, -0.15) is 0 Å². The summed E-state index contributed by atoms with van der Waals surface area (Å²) < 4.78 is 0. The minimum atomic E-state index is -0.957. The fourth-order valence-electron chi connectivity index (χ4n) is 2.16. The Labute approximate surface area is 106 Å². The summed E-state index contributed by atoms with van der Waals surface area (Å²) in [6.45, 7) is 1.97. The van der Waals surface area contributed by atoms with Crippen LogP contribution in [0, 0.1) is 0 Å². The summed E-state index contributed by atoms with van der Waals surface area (Å²) in [6.07, 6.45) is -0.126. The van der Waals surface area contributed by atoms with Crippen LogP contribution in [-0.4, -0.2) is 53.0 Å². The molecule has 2 rings (SSSR count). The van der Waals surface area contributed by atoms with E-state index in [2.05, 4.69) is 0 Å². The van der Waals surface area contributed by atoms with Crippen molar-refractivity contribution in [2.75, 3.05) is 19.6 Å². The molecule has 0 aromatic heterocycles. The Morgan fingerprint density at radius 1 is 1.33 bits per heavy atom. The predicted octanol–water partition coefficient (Wildman–Crippen LogP) is 1.05. The number of nitrogens with zero attached hydrogens (tertiary/aromatic N) is 2. The SMILES string of the molecule is O=C[C@H]1CN(C(=O)O)CCN1Cc1ccccc1. The summed E-state index contributed by atoms with van der Waals surface area (Å²) in [4.78, 5) is 25.2. The molecule has 0 saturated carbocycles. The van der Waals surface area contributed by atoms with Crippen molar-refractivity contribution in [3.8, 4) is 0 Å². The molecule has 18 heavy (non-hydrogen) atoms. The Morgan fingerprint density at radius 2 is 2.06 bits per heavy atom. The summed E-state index contributed by atoms with van der Waals surface area (Å²) in [5, 5.41) is 8.92. The number of carboxylic acid groups (broad SMARTS) is 1. The predicted molar refractivity (Wildman–Crippen MR) is 66.3 cm³/mol. The van der Waals surface area contributed by atoms with Crippen LogP contribution < -0.4 is 0 Å². The average Bonchev–Trinajstić information content (AvgIpc) is 2.40. The molecular weight excluding hydrogens is 232 g/mol. The van der Waals surface area contributed by atoms with Gasteiger partial charge in [0.15, 0.2) is 0 Å². The minimum absolute atomic E-state index is 0.256. The van der Waals surface area contributed by atoms with Crippen molar-refractivity contribution >= 4 is 12.4 Å². The van der Waals surface area contributed by atoms with Crippen LogP contribution in [0.5, 0.6) is 0 Å². The lowest BCUT2D eigenvalue weighted by molar-refractivity contribution is -0.114. The molecule has 1 aliphatic rings. The van der Waals surface area contributed by atoms with Crippen molar-refractivity contribution in [1.82, 2.24) is 9.80 Å². The lowest BCUT2D eigenvalue weighted by atomic mass is 10.1. The lowest BCUT2D eigenvalue weighted by Crippen LogP contribution is -2.54. The van der Waals surface area contributed by atoms with Crippen LogP contribution >= 0.6 is 0 Å². The molecule has 1 N–H and O–H groups in total. The molecule has 1 atom stereocenters. The standard InChI is InChI=1S/C13H16N2O3/c16-10-12-9-15(13(17)18)7-6-14(12)8-11-4-2-1-3-5-11/h1-5,10,12H,6-9H2,(H,17,18)/t12-/m1/s1. The van der Waals surface area contributed by atoms with Gasteiger partial charge < -0.3 is 14.8 Å². The molecule has 1 saturated heterocycles. The third-order valence-corrected chi connectivity index (χ3v) is 3.19. The van der Waals surface area contributed by atoms with Gasteiger partial charge in [0.25, 0.3) is 0 Å². The van der Waals surface area contributed by atoms with E-state index in [0.29, 0.717) is 19.6 Å². The van der Waals surface area contributed by atoms with Crippen LogP contribution in [0.25, 0.3) is 0 Å². The highest BCUT2D eigenvalue weighted by molar-refractivity contribution is 5.67. The largest absolute Gasteiger partial charge is 0.465 e. The summed E-state index contributed by atoms with van der Waals surface area (Å²) >= 11 is 0. The van der Waals surface area contributed by atoms with Gasteiger partial charge in [-0.25, -0.2) is 4.79 Å². The third kappa shape index (κ3) is 2.87. The maximum atomic E-state index is 11.1. The number of aldehydes is 1. The van der Waals surface area contributed by atoms with E-state index in [0.717, 1.165) is 11.8 Å². The first-order valence-corrected chi connectivity index (χ1v) is 5.92. The van der Waals surface area contributed by atoms with E-state index in [-0.39, 0.29) is 12.6 Å². The minimum Gasteiger partial charge on any atom is -0.465 e. The van der Waals surface area contributed by atoms with Gasteiger partial charge in [-0.15, -0.1) is 0 Å². The smallest absolute Gasteiger partial charge is 0.407 e. The Bertz CT molecular complexity index is 422. The number of carbonyl (C=O) groups excluding carboxylic acids is 1. The topological polar surface area (TPSA) is 60.9 Å². The molecule has 1 aromatic rings. The maximum Gasteiger partial charge on any atom is 0.407 e. The van der Waals surface area contributed by atoms with Crippen LogP contribution in [-0.2, 0) is 11.3 Å². The average molecular weight is 248 g/mol. The number of hydrogen-bond donors (Lipinski definition) is 1. The summed E-state index contributed by atoms with van der Waals surface area (Å²) in [5.41, 5.74) is 1.13.